The van der Waals surface area contributed by atoms with E-state index in [2.05, 4.69) is 219 Å². The monoisotopic (exact) mass is 798 g/mol. The number of thiophene rings is 1. The predicted octanol–water partition coefficient (Wildman–Crippen LogP) is 14.6. The van der Waals surface area contributed by atoms with E-state index < -0.39 is 0 Å². The Morgan fingerprint density at radius 3 is 1.87 bits per heavy atom. The van der Waals surface area contributed by atoms with Crippen LogP contribution in [0.5, 0.6) is 0 Å². The first-order chi connectivity index (χ1) is 28.7. The summed E-state index contributed by atoms with van der Waals surface area (Å²) in [5.74, 6) is 0.797. The topological polar surface area (TPSA) is 6.48 Å². The summed E-state index contributed by atoms with van der Waals surface area (Å²) >= 11 is 1.95. The fourth-order valence-electron chi connectivity index (χ4n) is 9.66. The van der Waals surface area contributed by atoms with Crippen LogP contribution in [0.1, 0.15) is 103 Å². The van der Waals surface area contributed by atoms with Gasteiger partial charge in [0.2, 0.25) is 0 Å². The minimum atomic E-state index is 0.0193. The maximum absolute atomic E-state index is 2.61. The van der Waals surface area contributed by atoms with Crippen LogP contribution in [0, 0.1) is 0 Å². The first kappa shape index (κ1) is 38.6. The lowest BCUT2D eigenvalue weighted by atomic mass is 9.33. The molecule has 0 saturated carbocycles. The van der Waals surface area contributed by atoms with E-state index in [1.165, 1.54) is 104 Å². The standard InChI is InChI=1S/C56H55BN2S/c1-34(2)37-17-13-18-43(29-37)58-48-30-38(35(3)4)21-27-47(48)57-52-46-33-41(56(8,9)10)24-28-51(46)60-54(52)59(42-25-22-40(23-26-42)55(5,6)7)50-32-39(31-49(58)53(50)57)45-20-14-16-36-15-11-12-19-44(36)45/h11-35H,1-10H3. The summed E-state index contributed by atoms with van der Waals surface area (Å²) in [7, 11) is 0. The van der Waals surface area contributed by atoms with Gasteiger partial charge in [-0.25, -0.2) is 0 Å². The molecule has 1 aromatic heterocycles. The van der Waals surface area contributed by atoms with Gasteiger partial charge in [-0.1, -0.05) is 160 Å². The zero-order valence-corrected chi connectivity index (χ0v) is 37.6. The fraction of sp³-hybridized carbons (Fsp3) is 0.250. The van der Waals surface area contributed by atoms with Gasteiger partial charge in [-0.2, -0.15) is 0 Å². The van der Waals surface area contributed by atoms with Crippen LogP contribution >= 0.6 is 11.3 Å². The van der Waals surface area contributed by atoms with Gasteiger partial charge in [0.05, 0.1) is 5.00 Å². The molecule has 60 heavy (non-hydrogen) atoms. The van der Waals surface area contributed by atoms with Gasteiger partial charge in [-0.05, 0) is 137 Å². The second-order valence-electron chi connectivity index (χ2n) is 19.9. The Kier molecular flexibility index (Phi) is 9.01. The SMILES string of the molecule is CC(C)c1cccc(N2c3cc(C(C)C)ccc3B3c4c2cc(-c2cccc5ccccc25)cc4N(c2ccc(C(C)(C)C)cc2)c2sc4ccc(C(C)(C)C)cc4c23)c1. The molecule has 0 radical (unpaired) electrons. The number of fused-ring (bicyclic) bond motifs is 7. The highest BCUT2D eigenvalue weighted by molar-refractivity contribution is 7.26. The molecule has 3 heterocycles. The summed E-state index contributed by atoms with van der Waals surface area (Å²) in [4.78, 5) is 5.22. The van der Waals surface area contributed by atoms with Crippen LogP contribution in [0.3, 0.4) is 0 Å². The second kappa shape index (κ2) is 14.0. The van der Waals surface area contributed by atoms with E-state index >= 15 is 0 Å². The summed E-state index contributed by atoms with van der Waals surface area (Å²) in [6, 6.07) is 54.0. The van der Waals surface area contributed by atoms with Crippen molar-refractivity contribution in [1.29, 1.82) is 0 Å². The van der Waals surface area contributed by atoms with Crippen molar-refractivity contribution in [2.75, 3.05) is 9.80 Å². The van der Waals surface area contributed by atoms with Crippen molar-refractivity contribution in [3.8, 4) is 11.1 Å². The first-order valence-electron chi connectivity index (χ1n) is 21.8. The van der Waals surface area contributed by atoms with E-state index in [4.69, 9.17) is 0 Å². The third kappa shape index (κ3) is 6.21. The lowest BCUT2D eigenvalue weighted by Gasteiger charge is -2.44. The Bertz CT molecular complexity index is 2970. The Hall–Kier alpha value is -5.58. The molecule has 0 spiro atoms. The Balaban J connectivity index is 1.37. The van der Waals surface area contributed by atoms with Gasteiger partial charge >= 0.3 is 0 Å². The number of nitrogens with zero attached hydrogens (tertiary/aromatic N) is 2. The van der Waals surface area contributed by atoms with Crippen molar-refractivity contribution in [3.05, 3.63) is 162 Å². The summed E-state index contributed by atoms with van der Waals surface area (Å²) < 4.78 is 1.33. The molecule has 0 amide bonds. The van der Waals surface area contributed by atoms with Crippen LogP contribution in [0.2, 0.25) is 0 Å². The normalized spacial score (nSPS) is 13.7. The molecule has 7 aromatic carbocycles. The van der Waals surface area contributed by atoms with E-state index in [1.54, 1.807) is 0 Å². The molecule has 0 fully saturated rings. The van der Waals surface area contributed by atoms with Crippen molar-refractivity contribution in [2.24, 2.45) is 0 Å². The van der Waals surface area contributed by atoms with Crippen molar-refractivity contribution >= 4 is 88.7 Å². The van der Waals surface area contributed by atoms with Crippen LogP contribution in [0.15, 0.2) is 140 Å². The molecule has 2 aliphatic rings. The molecule has 0 atom stereocenters. The average molecular weight is 799 g/mol. The maximum Gasteiger partial charge on any atom is 0.254 e. The van der Waals surface area contributed by atoms with Gasteiger partial charge in [-0.15, -0.1) is 11.3 Å². The third-order valence-electron chi connectivity index (χ3n) is 13.1. The first-order valence-corrected chi connectivity index (χ1v) is 22.7. The molecule has 0 unspecified atom stereocenters. The van der Waals surface area contributed by atoms with Gasteiger partial charge in [0.1, 0.15) is 0 Å². The maximum atomic E-state index is 2.61. The number of rotatable bonds is 5. The highest BCUT2D eigenvalue weighted by atomic mass is 32.1. The predicted molar refractivity (Wildman–Crippen MR) is 264 cm³/mol. The molecule has 0 saturated heterocycles. The van der Waals surface area contributed by atoms with Crippen LogP contribution in [-0.2, 0) is 10.8 Å². The van der Waals surface area contributed by atoms with Crippen LogP contribution in [0.4, 0.5) is 33.4 Å². The van der Waals surface area contributed by atoms with Gasteiger partial charge in [0.15, 0.2) is 0 Å². The summed E-state index contributed by atoms with van der Waals surface area (Å²) in [5.41, 5.74) is 18.3. The van der Waals surface area contributed by atoms with E-state index in [0.717, 1.165) is 0 Å². The summed E-state index contributed by atoms with van der Waals surface area (Å²) in [6.45, 7) is 23.2. The fourth-order valence-corrected chi connectivity index (χ4v) is 10.9. The van der Waals surface area contributed by atoms with Crippen molar-refractivity contribution in [2.45, 2.75) is 91.9 Å². The largest absolute Gasteiger partial charge is 0.311 e. The van der Waals surface area contributed by atoms with E-state index in [0.29, 0.717) is 11.8 Å². The molecule has 4 heteroatoms. The lowest BCUT2D eigenvalue weighted by molar-refractivity contribution is 0.590. The van der Waals surface area contributed by atoms with Crippen LogP contribution < -0.4 is 26.2 Å². The highest BCUT2D eigenvalue weighted by Gasteiger charge is 2.46. The Morgan fingerprint density at radius 2 is 1.15 bits per heavy atom. The van der Waals surface area contributed by atoms with Crippen LogP contribution in [0.25, 0.3) is 32.0 Å². The molecular formula is C56H55BN2S. The molecular weight excluding hydrogens is 744 g/mol. The van der Waals surface area contributed by atoms with Crippen molar-refractivity contribution in [3.63, 3.8) is 0 Å². The molecule has 2 nitrogen and oxygen atoms in total. The zero-order chi connectivity index (χ0) is 41.8. The van der Waals surface area contributed by atoms with E-state index in [9.17, 15) is 0 Å². The quantitative estimate of drug-likeness (QED) is 0.160. The molecule has 0 N–H and O–H groups in total. The number of hydrogen-bond acceptors (Lipinski definition) is 3. The van der Waals surface area contributed by atoms with Gasteiger partial charge in [0.25, 0.3) is 6.71 Å². The highest BCUT2D eigenvalue weighted by Crippen LogP contribution is 2.50. The second-order valence-corrected chi connectivity index (χ2v) is 20.9. The zero-order valence-electron chi connectivity index (χ0n) is 36.8. The molecule has 298 valence electrons. The molecule has 0 aliphatic carbocycles. The minimum absolute atomic E-state index is 0.0193. The third-order valence-corrected chi connectivity index (χ3v) is 14.3. The number of hydrogen-bond donors (Lipinski definition) is 0. The smallest absolute Gasteiger partial charge is 0.254 e. The minimum Gasteiger partial charge on any atom is -0.311 e. The molecule has 0 bridgehead atoms. The number of anilines is 6. The van der Waals surface area contributed by atoms with Crippen LogP contribution in [-0.4, -0.2) is 6.71 Å². The van der Waals surface area contributed by atoms with Gasteiger partial charge in [-0.3, -0.25) is 0 Å². The summed E-state index contributed by atoms with van der Waals surface area (Å²) in [6.07, 6.45) is 0. The Morgan fingerprint density at radius 1 is 0.500 bits per heavy atom. The molecule has 10 rings (SSSR count). The Labute approximate surface area is 361 Å². The summed E-state index contributed by atoms with van der Waals surface area (Å²) in [5, 5.41) is 5.20. The number of benzene rings is 7. The van der Waals surface area contributed by atoms with E-state index in [-0.39, 0.29) is 17.5 Å². The van der Waals surface area contributed by atoms with Crippen molar-refractivity contribution < 1.29 is 0 Å². The van der Waals surface area contributed by atoms with Crippen molar-refractivity contribution in [1.82, 2.24) is 0 Å². The average Bonchev–Trinajstić information content (AvgIpc) is 3.61. The van der Waals surface area contributed by atoms with Gasteiger partial charge in [0, 0.05) is 33.1 Å². The molecule has 2 aliphatic heterocycles. The van der Waals surface area contributed by atoms with Gasteiger partial charge < -0.3 is 9.80 Å². The van der Waals surface area contributed by atoms with E-state index in [1.807, 2.05) is 11.3 Å². The molecule has 8 aromatic rings. The lowest BCUT2D eigenvalue weighted by Crippen LogP contribution is -2.61.